The van der Waals surface area contributed by atoms with Crippen molar-refractivity contribution in [3.8, 4) is 16.3 Å². The van der Waals surface area contributed by atoms with Crippen LogP contribution in [0.15, 0.2) is 76.1 Å². The minimum Gasteiger partial charge on any atom is -0.379 e. The second-order valence-corrected chi connectivity index (χ2v) is 9.92. The lowest BCUT2D eigenvalue weighted by molar-refractivity contribution is 0.101. The lowest BCUT2D eigenvalue weighted by Gasteiger charge is -2.07. The van der Waals surface area contributed by atoms with Gasteiger partial charge in [0.05, 0.1) is 0 Å². The molecule has 1 N–H and O–H groups in total. The number of nitrogens with zero attached hydrogens (tertiary/aromatic N) is 2. The van der Waals surface area contributed by atoms with Crippen molar-refractivity contribution in [1.82, 2.24) is 10.2 Å². The maximum absolute atomic E-state index is 13.8. The van der Waals surface area contributed by atoms with Crippen molar-refractivity contribution in [1.29, 1.82) is 0 Å². The zero-order valence-electron chi connectivity index (χ0n) is 16.3. The van der Waals surface area contributed by atoms with Crippen molar-refractivity contribution < 1.29 is 26.2 Å². The molecule has 0 radical (unpaired) electrons. The summed E-state index contributed by atoms with van der Waals surface area (Å²) in [6.45, 7) is 0. The van der Waals surface area contributed by atoms with Crippen molar-refractivity contribution in [2.45, 2.75) is 4.90 Å². The molecule has 168 valence electrons. The number of nitrogens with one attached hydrogen (secondary N) is 1. The maximum atomic E-state index is 13.8. The Morgan fingerprint density at radius 2 is 1.58 bits per heavy atom. The predicted octanol–water partition coefficient (Wildman–Crippen LogP) is 5.27. The molecule has 1 amide bonds. The molecular formula is C21H12BrF2N3O4S2. The first-order chi connectivity index (χ1) is 15.7. The summed E-state index contributed by atoms with van der Waals surface area (Å²) in [7, 11) is -4.01. The van der Waals surface area contributed by atoms with Crippen LogP contribution in [0.2, 0.25) is 0 Å². The number of hydrogen-bond donors (Lipinski definition) is 1. The van der Waals surface area contributed by atoms with Gasteiger partial charge in [0.15, 0.2) is 0 Å². The van der Waals surface area contributed by atoms with Crippen LogP contribution in [0.1, 0.15) is 10.4 Å². The standard InChI is InChI=1S/C21H12BrF2N3O4S2/c22-13-6-10-15(11-7-13)33(29,30)31-14-8-4-12(5-9-14)20-26-27-21(32-20)25-19(28)18-16(23)2-1-3-17(18)24/h1-11H,(H,25,27,28). The van der Waals surface area contributed by atoms with Gasteiger partial charge in [-0.15, -0.1) is 10.2 Å². The highest BCUT2D eigenvalue weighted by Gasteiger charge is 2.20. The molecule has 0 unspecified atom stereocenters. The molecule has 0 bridgehead atoms. The minimum absolute atomic E-state index is 0.00516. The second kappa shape index (κ2) is 9.33. The van der Waals surface area contributed by atoms with Crippen LogP contribution in [0.25, 0.3) is 10.6 Å². The quantitative estimate of drug-likeness (QED) is 0.328. The number of amides is 1. The number of hydrogen-bond acceptors (Lipinski definition) is 7. The molecule has 0 fully saturated rings. The molecule has 0 spiro atoms. The van der Waals surface area contributed by atoms with Gasteiger partial charge in [-0.1, -0.05) is 33.3 Å². The summed E-state index contributed by atoms with van der Waals surface area (Å²) >= 11 is 4.22. The molecule has 0 aliphatic rings. The monoisotopic (exact) mass is 551 g/mol. The lowest BCUT2D eigenvalue weighted by atomic mass is 10.2. The van der Waals surface area contributed by atoms with Gasteiger partial charge in [-0.2, -0.15) is 8.42 Å². The summed E-state index contributed by atoms with van der Waals surface area (Å²) in [4.78, 5) is 12.2. The van der Waals surface area contributed by atoms with Gasteiger partial charge in [0.1, 0.15) is 32.9 Å². The van der Waals surface area contributed by atoms with Crippen LogP contribution in [-0.4, -0.2) is 24.5 Å². The summed E-state index contributed by atoms with van der Waals surface area (Å²) in [5, 5.41) is 10.5. The van der Waals surface area contributed by atoms with Crippen LogP contribution in [0.3, 0.4) is 0 Å². The summed E-state index contributed by atoms with van der Waals surface area (Å²) < 4.78 is 58.2. The number of aromatic nitrogens is 2. The average Bonchev–Trinajstić information content (AvgIpc) is 3.22. The van der Waals surface area contributed by atoms with E-state index < -0.39 is 33.2 Å². The van der Waals surface area contributed by atoms with E-state index in [4.69, 9.17) is 4.18 Å². The summed E-state index contributed by atoms with van der Waals surface area (Å²) in [6.07, 6.45) is 0. The van der Waals surface area contributed by atoms with Crippen LogP contribution in [0.5, 0.6) is 5.75 Å². The first-order valence-electron chi connectivity index (χ1n) is 9.12. The molecule has 12 heteroatoms. The van der Waals surface area contributed by atoms with Gasteiger partial charge in [-0.05, 0) is 60.7 Å². The molecular weight excluding hydrogens is 540 g/mol. The Morgan fingerprint density at radius 1 is 0.939 bits per heavy atom. The molecule has 0 aliphatic carbocycles. The summed E-state index contributed by atoms with van der Waals surface area (Å²) in [6, 6.07) is 15.1. The Morgan fingerprint density at radius 3 is 2.21 bits per heavy atom. The Hall–Kier alpha value is -3.22. The molecule has 0 saturated carbocycles. The van der Waals surface area contributed by atoms with E-state index in [1.54, 1.807) is 24.3 Å². The third-order valence-electron chi connectivity index (χ3n) is 4.24. The molecule has 0 saturated heterocycles. The van der Waals surface area contributed by atoms with Crippen LogP contribution in [-0.2, 0) is 10.1 Å². The third kappa shape index (κ3) is 5.24. The fourth-order valence-electron chi connectivity index (χ4n) is 2.69. The third-order valence-corrected chi connectivity index (χ3v) is 6.92. The normalized spacial score (nSPS) is 11.2. The Kier molecular flexibility index (Phi) is 6.49. The number of anilines is 1. The van der Waals surface area contributed by atoms with Gasteiger partial charge in [0.2, 0.25) is 5.13 Å². The average molecular weight is 552 g/mol. The fraction of sp³-hybridized carbons (Fsp3) is 0. The van der Waals surface area contributed by atoms with Crippen LogP contribution >= 0.6 is 27.3 Å². The SMILES string of the molecule is O=C(Nc1nnc(-c2ccc(OS(=O)(=O)c3ccc(Br)cc3)cc2)s1)c1c(F)cccc1F. The fourth-order valence-corrected chi connectivity index (χ4v) is 4.63. The van der Waals surface area contributed by atoms with E-state index >= 15 is 0 Å². The Labute approximate surface area is 199 Å². The Balaban J connectivity index is 1.47. The van der Waals surface area contributed by atoms with Crippen molar-refractivity contribution in [2.75, 3.05) is 5.32 Å². The van der Waals surface area contributed by atoms with Crippen LogP contribution < -0.4 is 9.50 Å². The van der Waals surface area contributed by atoms with E-state index in [9.17, 15) is 22.0 Å². The minimum atomic E-state index is -4.01. The first-order valence-corrected chi connectivity index (χ1v) is 12.1. The van der Waals surface area contributed by atoms with Crippen molar-refractivity contribution in [3.63, 3.8) is 0 Å². The number of carbonyl (C=O) groups is 1. The van der Waals surface area contributed by atoms with Crippen LogP contribution in [0, 0.1) is 11.6 Å². The zero-order valence-corrected chi connectivity index (χ0v) is 19.5. The van der Waals surface area contributed by atoms with E-state index in [0.29, 0.717) is 10.6 Å². The molecule has 1 aromatic heterocycles. The molecule has 0 atom stereocenters. The molecule has 3 aromatic carbocycles. The summed E-state index contributed by atoms with van der Waals surface area (Å²) in [5.41, 5.74) is -0.152. The van der Waals surface area contributed by atoms with Gasteiger partial charge >= 0.3 is 10.1 Å². The largest absolute Gasteiger partial charge is 0.379 e. The van der Waals surface area contributed by atoms with Gasteiger partial charge in [0, 0.05) is 10.0 Å². The van der Waals surface area contributed by atoms with Crippen molar-refractivity contribution in [2.24, 2.45) is 0 Å². The van der Waals surface area contributed by atoms with Crippen LogP contribution in [0.4, 0.5) is 13.9 Å². The number of benzene rings is 3. The topological polar surface area (TPSA) is 98.2 Å². The molecule has 7 nitrogen and oxygen atoms in total. The van der Waals surface area contributed by atoms with E-state index in [-0.39, 0.29) is 15.8 Å². The second-order valence-electron chi connectivity index (χ2n) is 6.48. The highest BCUT2D eigenvalue weighted by atomic mass is 79.9. The summed E-state index contributed by atoms with van der Waals surface area (Å²) in [5.74, 6) is -2.89. The van der Waals surface area contributed by atoms with E-state index in [1.807, 2.05) is 0 Å². The van der Waals surface area contributed by atoms with Gasteiger partial charge < -0.3 is 4.18 Å². The van der Waals surface area contributed by atoms with Crippen molar-refractivity contribution in [3.05, 3.63) is 88.4 Å². The van der Waals surface area contributed by atoms with E-state index in [2.05, 4.69) is 31.4 Å². The molecule has 4 aromatic rings. The highest BCUT2D eigenvalue weighted by Crippen LogP contribution is 2.29. The predicted molar refractivity (Wildman–Crippen MR) is 122 cm³/mol. The highest BCUT2D eigenvalue weighted by molar-refractivity contribution is 9.10. The maximum Gasteiger partial charge on any atom is 0.339 e. The molecule has 1 heterocycles. The molecule has 4 rings (SSSR count). The Bertz CT molecular complexity index is 1410. The number of carbonyl (C=O) groups excluding carboxylic acids is 1. The molecule has 0 aliphatic heterocycles. The van der Waals surface area contributed by atoms with Gasteiger partial charge in [-0.3, -0.25) is 10.1 Å². The first kappa shape index (κ1) is 23.0. The van der Waals surface area contributed by atoms with Gasteiger partial charge in [-0.25, -0.2) is 8.78 Å². The van der Waals surface area contributed by atoms with E-state index in [1.165, 1.54) is 24.3 Å². The zero-order chi connectivity index (χ0) is 23.6. The van der Waals surface area contributed by atoms with E-state index in [0.717, 1.165) is 34.0 Å². The smallest absolute Gasteiger partial charge is 0.339 e. The molecule has 33 heavy (non-hydrogen) atoms. The van der Waals surface area contributed by atoms with Gasteiger partial charge in [0.25, 0.3) is 5.91 Å². The lowest BCUT2D eigenvalue weighted by Crippen LogP contribution is -2.15. The number of rotatable bonds is 6. The van der Waals surface area contributed by atoms with Crippen molar-refractivity contribution >= 4 is 48.4 Å². The number of halogens is 3.